The number of carbonyl (C=O) groups is 1. The zero-order chi connectivity index (χ0) is 21.9. The van der Waals surface area contributed by atoms with Crippen molar-refractivity contribution in [3.05, 3.63) is 53.6 Å². The van der Waals surface area contributed by atoms with E-state index in [4.69, 9.17) is 9.47 Å². The molecule has 0 atom stereocenters. The number of carbonyl (C=O) groups excluding carboxylic acids is 1. The molecule has 1 aliphatic rings. The minimum absolute atomic E-state index is 0.175. The molecule has 7 nitrogen and oxygen atoms in total. The maximum atomic E-state index is 13.0. The van der Waals surface area contributed by atoms with Crippen molar-refractivity contribution in [1.82, 2.24) is 9.21 Å². The van der Waals surface area contributed by atoms with Gasteiger partial charge in [-0.2, -0.15) is 4.31 Å². The van der Waals surface area contributed by atoms with Gasteiger partial charge in [0.25, 0.3) is 5.91 Å². The summed E-state index contributed by atoms with van der Waals surface area (Å²) in [4.78, 5) is 14.8. The standard InChI is InChI=1S/C22H28N2O5S/c1-16(2)17-5-7-21(8-6-17)30(26,27)24-11-9-23(10-12-24)22(25)18-13-19(28-3)15-20(14-18)29-4/h5-8,13-16H,9-12H2,1-4H3. The Morgan fingerprint density at radius 2 is 1.43 bits per heavy atom. The largest absolute Gasteiger partial charge is 0.497 e. The highest BCUT2D eigenvalue weighted by molar-refractivity contribution is 7.89. The van der Waals surface area contributed by atoms with Gasteiger partial charge >= 0.3 is 0 Å². The van der Waals surface area contributed by atoms with E-state index in [9.17, 15) is 13.2 Å². The fraction of sp³-hybridized carbons (Fsp3) is 0.409. The lowest BCUT2D eigenvalue weighted by Gasteiger charge is -2.34. The van der Waals surface area contributed by atoms with Crippen LogP contribution < -0.4 is 9.47 Å². The number of hydrogen-bond donors (Lipinski definition) is 0. The van der Waals surface area contributed by atoms with Gasteiger partial charge < -0.3 is 14.4 Å². The Morgan fingerprint density at radius 1 is 0.900 bits per heavy atom. The molecule has 0 radical (unpaired) electrons. The molecule has 1 saturated heterocycles. The second-order valence-electron chi connectivity index (χ2n) is 7.52. The van der Waals surface area contributed by atoms with Crippen LogP contribution in [0.15, 0.2) is 47.4 Å². The SMILES string of the molecule is COc1cc(OC)cc(C(=O)N2CCN(S(=O)(=O)c3ccc(C(C)C)cc3)CC2)c1. The first kappa shape index (κ1) is 22.1. The first-order valence-electron chi connectivity index (χ1n) is 9.88. The number of ether oxygens (including phenoxy) is 2. The topological polar surface area (TPSA) is 76.2 Å². The molecule has 0 N–H and O–H groups in total. The Kier molecular flexibility index (Phi) is 6.67. The van der Waals surface area contributed by atoms with Crippen LogP contribution in [-0.2, 0) is 10.0 Å². The Hall–Kier alpha value is -2.58. The second-order valence-corrected chi connectivity index (χ2v) is 9.46. The van der Waals surface area contributed by atoms with Crippen molar-refractivity contribution < 1.29 is 22.7 Å². The fourth-order valence-corrected chi connectivity index (χ4v) is 4.84. The van der Waals surface area contributed by atoms with Gasteiger partial charge in [0.05, 0.1) is 19.1 Å². The normalized spacial score (nSPS) is 15.3. The van der Waals surface area contributed by atoms with Gasteiger partial charge in [-0.15, -0.1) is 0 Å². The molecule has 2 aromatic carbocycles. The molecule has 162 valence electrons. The van der Waals surface area contributed by atoms with Crippen molar-refractivity contribution in [1.29, 1.82) is 0 Å². The summed E-state index contributed by atoms with van der Waals surface area (Å²) in [7, 11) is -0.528. The molecule has 1 heterocycles. The predicted molar refractivity (Wildman–Crippen MR) is 115 cm³/mol. The first-order valence-corrected chi connectivity index (χ1v) is 11.3. The molecule has 1 amide bonds. The summed E-state index contributed by atoms with van der Waals surface area (Å²) in [6.45, 7) is 5.28. The third-order valence-electron chi connectivity index (χ3n) is 5.31. The molecular formula is C22H28N2O5S. The van der Waals surface area contributed by atoms with Crippen LogP contribution in [0.1, 0.15) is 35.7 Å². The van der Waals surface area contributed by atoms with Crippen LogP contribution in [-0.4, -0.2) is 63.9 Å². The Morgan fingerprint density at radius 3 is 1.90 bits per heavy atom. The van der Waals surface area contributed by atoms with Crippen molar-refractivity contribution in [2.75, 3.05) is 40.4 Å². The second kappa shape index (κ2) is 9.06. The molecule has 1 fully saturated rings. The van der Waals surface area contributed by atoms with Crippen molar-refractivity contribution >= 4 is 15.9 Å². The number of amides is 1. The van der Waals surface area contributed by atoms with Crippen LogP contribution in [0.3, 0.4) is 0 Å². The molecule has 1 aliphatic heterocycles. The third kappa shape index (κ3) is 4.60. The summed E-state index contributed by atoms with van der Waals surface area (Å²) in [6, 6.07) is 12.0. The van der Waals surface area contributed by atoms with Gasteiger partial charge in [0.1, 0.15) is 11.5 Å². The van der Waals surface area contributed by atoms with E-state index in [1.165, 1.54) is 18.5 Å². The molecule has 30 heavy (non-hydrogen) atoms. The van der Waals surface area contributed by atoms with Crippen LogP contribution in [0.4, 0.5) is 0 Å². The van der Waals surface area contributed by atoms with Crippen molar-refractivity contribution in [2.24, 2.45) is 0 Å². The average Bonchev–Trinajstić information content (AvgIpc) is 2.78. The van der Waals surface area contributed by atoms with Crippen LogP contribution in [0.25, 0.3) is 0 Å². The van der Waals surface area contributed by atoms with E-state index in [0.717, 1.165) is 5.56 Å². The van der Waals surface area contributed by atoms with Gasteiger partial charge in [-0.3, -0.25) is 4.79 Å². The van der Waals surface area contributed by atoms with Gasteiger partial charge in [0.2, 0.25) is 10.0 Å². The van der Waals surface area contributed by atoms with E-state index >= 15 is 0 Å². The van der Waals surface area contributed by atoms with E-state index in [1.54, 1.807) is 35.2 Å². The van der Waals surface area contributed by atoms with Crippen LogP contribution >= 0.6 is 0 Å². The fourth-order valence-electron chi connectivity index (χ4n) is 3.42. The minimum Gasteiger partial charge on any atom is -0.497 e. The molecule has 0 aliphatic carbocycles. The van der Waals surface area contributed by atoms with E-state index < -0.39 is 10.0 Å². The van der Waals surface area contributed by atoms with E-state index in [1.807, 2.05) is 12.1 Å². The Labute approximate surface area is 178 Å². The number of nitrogens with zero attached hydrogens (tertiary/aromatic N) is 2. The number of methoxy groups -OCH3 is 2. The molecule has 0 spiro atoms. The van der Waals surface area contributed by atoms with Gasteiger partial charge in [0.15, 0.2) is 0 Å². The maximum Gasteiger partial charge on any atom is 0.254 e. The average molecular weight is 433 g/mol. The van der Waals surface area contributed by atoms with Gasteiger partial charge in [-0.1, -0.05) is 26.0 Å². The molecule has 0 bridgehead atoms. The lowest BCUT2D eigenvalue weighted by Crippen LogP contribution is -2.50. The Balaban J connectivity index is 1.70. The lowest BCUT2D eigenvalue weighted by atomic mass is 10.0. The first-order chi connectivity index (χ1) is 14.3. The molecular weight excluding hydrogens is 404 g/mol. The molecule has 3 rings (SSSR count). The summed E-state index contributed by atoms with van der Waals surface area (Å²) in [5, 5.41) is 0. The number of piperazine rings is 1. The summed E-state index contributed by atoms with van der Waals surface area (Å²) < 4.78 is 37.8. The highest BCUT2D eigenvalue weighted by Crippen LogP contribution is 2.25. The summed E-state index contributed by atoms with van der Waals surface area (Å²) in [6.07, 6.45) is 0. The minimum atomic E-state index is -3.58. The highest BCUT2D eigenvalue weighted by Gasteiger charge is 2.30. The van der Waals surface area contributed by atoms with Crippen molar-refractivity contribution in [3.8, 4) is 11.5 Å². The van der Waals surface area contributed by atoms with E-state index in [2.05, 4.69) is 13.8 Å². The summed E-state index contributed by atoms with van der Waals surface area (Å²) in [5.74, 6) is 1.23. The molecule has 8 heteroatoms. The molecule has 2 aromatic rings. The van der Waals surface area contributed by atoms with Crippen LogP contribution in [0, 0.1) is 0 Å². The highest BCUT2D eigenvalue weighted by atomic mass is 32.2. The van der Waals surface area contributed by atoms with E-state index in [-0.39, 0.29) is 23.9 Å². The lowest BCUT2D eigenvalue weighted by molar-refractivity contribution is 0.0697. The van der Waals surface area contributed by atoms with Crippen molar-refractivity contribution in [2.45, 2.75) is 24.7 Å². The number of hydrogen-bond acceptors (Lipinski definition) is 5. The van der Waals surface area contributed by atoms with Gasteiger partial charge in [-0.25, -0.2) is 8.42 Å². The molecule has 0 unspecified atom stereocenters. The monoisotopic (exact) mass is 432 g/mol. The molecule has 0 aromatic heterocycles. The van der Waals surface area contributed by atoms with E-state index in [0.29, 0.717) is 36.1 Å². The number of sulfonamides is 1. The van der Waals surface area contributed by atoms with Gasteiger partial charge in [-0.05, 0) is 35.7 Å². The van der Waals surface area contributed by atoms with Crippen LogP contribution in [0.5, 0.6) is 11.5 Å². The Bertz CT molecular complexity index is 972. The van der Waals surface area contributed by atoms with Gasteiger partial charge in [0, 0.05) is 37.8 Å². The molecule has 0 saturated carbocycles. The third-order valence-corrected chi connectivity index (χ3v) is 7.22. The summed E-state index contributed by atoms with van der Waals surface area (Å²) >= 11 is 0. The number of benzene rings is 2. The zero-order valence-electron chi connectivity index (χ0n) is 17.8. The smallest absolute Gasteiger partial charge is 0.254 e. The quantitative estimate of drug-likeness (QED) is 0.702. The van der Waals surface area contributed by atoms with Crippen LogP contribution in [0.2, 0.25) is 0 Å². The maximum absolute atomic E-state index is 13.0. The summed E-state index contributed by atoms with van der Waals surface area (Å²) in [5.41, 5.74) is 1.55. The zero-order valence-corrected chi connectivity index (χ0v) is 18.6. The predicted octanol–water partition coefficient (Wildman–Crippen LogP) is 2.97. The number of rotatable bonds is 6. The van der Waals surface area contributed by atoms with Crippen molar-refractivity contribution in [3.63, 3.8) is 0 Å².